The Morgan fingerprint density at radius 3 is 1.78 bits per heavy atom. The first-order valence-corrected chi connectivity index (χ1v) is 12.5. The molecular weight excluding hydrogens is 450 g/mol. The average Bonchev–Trinajstić information content (AvgIpc) is 3.34. The van der Waals surface area contributed by atoms with Crippen LogP contribution in [0.3, 0.4) is 0 Å². The second kappa shape index (κ2) is 9.67. The highest BCUT2D eigenvalue weighted by molar-refractivity contribution is 6.05. The van der Waals surface area contributed by atoms with Crippen LogP contribution >= 0.6 is 0 Å². The molecule has 0 amide bonds. The Labute approximate surface area is 217 Å². The van der Waals surface area contributed by atoms with Crippen molar-refractivity contribution in [1.82, 2.24) is 0 Å². The Bertz CT molecular complexity index is 1720. The number of nitrogens with zero attached hydrogens (tertiary/aromatic N) is 1. The Morgan fingerprint density at radius 2 is 1.14 bits per heavy atom. The van der Waals surface area contributed by atoms with E-state index in [4.69, 9.17) is 4.42 Å². The van der Waals surface area contributed by atoms with Gasteiger partial charge in [-0.3, -0.25) is 0 Å². The summed E-state index contributed by atoms with van der Waals surface area (Å²) in [6.07, 6.45) is 3.98. The van der Waals surface area contributed by atoms with Gasteiger partial charge in [0.1, 0.15) is 11.2 Å². The van der Waals surface area contributed by atoms with Crippen molar-refractivity contribution in [1.29, 1.82) is 0 Å². The molecule has 0 saturated heterocycles. The van der Waals surface area contributed by atoms with Gasteiger partial charge in [-0.2, -0.15) is 0 Å². The number of hydrogen-bond donors (Lipinski definition) is 0. The summed E-state index contributed by atoms with van der Waals surface area (Å²) in [6.45, 7) is 6.10. The number of furan rings is 1. The molecule has 1 heterocycles. The van der Waals surface area contributed by atoms with Crippen LogP contribution < -0.4 is 4.90 Å². The van der Waals surface area contributed by atoms with E-state index in [1.165, 1.54) is 11.1 Å². The highest BCUT2D eigenvalue weighted by Crippen LogP contribution is 2.35. The van der Waals surface area contributed by atoms with Crippen molar-refractivity contribution in [3.05, 3.63) is 146 Å². The van der Waals surface area contributed by atoms with Crippen LogP contribution in [0.15, 0.2) is 150 Å². The summed E-state index contributed by atoms with van der Waals surface area (Å²) in [6, 6.07) is 42.4. The van der Waals surface area contributed by atoms with Crippen LogP contribution in [0.1, 0.15) is 6.92 Å². The molecule has 1 aromatic heterocycles. The average molecular weight is 478 g/mol. The lowest BCUT2D eigenvalue weighted by molar-refractivity contribution is 0.669. The highest BCUT2D eigenvalue weighted by Gasteiger charge is 2.14. The molecule has 0 bridgehead atoms. The lowest BCUT2D eigenvalue weighted by Gasteiger charge is -2.26. The van der Waals surface area contributed by atoms with Crippen molar-refractivity contribution >= 4 is 33.3 Å². The molecule has 0 atom stereocenters. The zero-order valence-electron chi connectivity index (χ0n) is 20.8. The summed E-state index contributed by atoms with van der Waals surface area (Å²) in [5.74, 6) is 0. The van der Waals surface area contributed by atoms with Gasteiger partial charge >= 0.3 is 0 Å². The number of allylic oxidation sites excluding steroid dienone is 2. The molecule has 5 aromatic carbocycles. The molecule has 0 saturated carbocycles. The van der Waals surface area contributed by atoms with Crippen molar-refractivity contribution in [2.24, 2.45) is 0 Å². The van der Waals surface area contributed by atoms with Crippen LogP contribution in [0.2, 0.25) is 0 Å². The molecule has 2 heteroatoms. The lowest BCUT2D eigenvalue weighted by atomic mass is 10.0. The van der Waals surface area contributed by atoms with Gasteiger partial charge in [0.25, 0.3) is 0 Å². The third-order valence-corrected chi connectivity index (χ3v) is 6.83. The summed E-state index contributed by atoms with van der Waals surface area (Å²) >= 11 is 0. The van der Waals surface area contributed by atoms with E-state index in [-0.39, 0.29) is 0 Å². The Kier molecular flexibility index (Phi) is 5.92. The maximum Gasteiger partial charge on any atom is 0.136 e. The van der Waals surface area contributed by atoms with E-state index < -0.39 is 0 Å². The van der Waals surface area contributed by atoms with E-state index in [1.54, 1.807) is 0 Å². The molecule has 0 radical (unpaired) electrons. The maximum absolute atomic E-state index is 6.11. The van der Waals surface area contributed by atoms with Crippen molar-refractivity contribution < 1.29 is 4.42 Å². The number of rotatable bonds is 6. The Hall–Kier alpha value is -4.82. The number of hydrogen-bond acceptors (Lipinski definition) is 2. The van der Waals surface area contributed by atoms with Crippen LogP contribution in [0.5, 0.6) is 0 Å². The van der Waals surface area contributed by atoms with Crippen LogP contribution in [-0.2, 0) is 0 Å². The zero-order valence-corrected chi connectivity index (χ0v) is 20.8. The van der Waals surface area contributed by atoms with Gasteiger partial charge in [-0.25, -0.2) is 0 Å². The van der Waals surface area contributed by atoms with E-state index in [9.17, 15) is 0 Å². The third-order valence-electron chi connectivity index (χ3n) is 6.83. The highest BCUT2D eigenvalue weighted by atomic mass is 16.3. The standard InChI is InChI=1S/C35H27NO/c1-3-29(4-2)36(30-19-14-26(15-20-30)25-10-6-5-7-11-25)31-21-16-27(17-22-31)28-18-23-33-32-12-8-9-13-34(32)37-35(33)24-28/h3-24H,1H2,2H3/b29-4+. The van der Waals surface area contributed by atoms with Crippen molar-refractivity contribution in [3.63, 3.8) is 0 Å². The van der Waals surface area contributed by atoms with E-state index in [0.29, 0.717) is 0 Å². The van der Waals surface area contributed by atoms with Gasteiger partial charge < -0.3 is 9.32 Å². The summed E-state index contributed by atoms with van der Waals surface area (Å²) in [4.78, 5) is 2.23. The Morgan fingerprint density at radius 1 is 0.595 bits per heavy atom. The van der Waals surface area contributed by atoms with Crippen molar-refractivity contribution in [2.45, 2.75) is 6.92 Å². The third kappa shape index (κ3) is 4.23. The number of fused-ring (bicyclic) bond motifs is 3. The summed E-state index contributed by atoms with van der Waals surface area (Å²) < 4.78 is 6.11. The van der Waals surface area contributed by atoms with E-state index in [0.717, 1.165) is 50.1 Å². The van der Waals surface area contributed by atoms with E-state index in [2.05, 4.69) is 115 Å². The molecule has 0 aliphatic rings. The number of para-hydroxylation sites is 1. The fourth-order valence-electron chi connectivity index (χ4n) is 4.93. The molecule has 2 nitrogen and oxygen atoms in total. The van der Waals surface area contributed by atoms with Gasteiger partial charge in [0, 0.05) is 27.8 Å². The smallest absolute Gasteiger partial charge is 0.136 e. The molecule has 178 valence electrons. The molecule has 0 unspecified atom stereocenters. The number of benzene rings is 5. The van der Waals surface area contributed by atoms with Crippen LogP contribution in [0.25, 0.3) is 44.2 Å². The van der Waals surface area contributed by atoms with Crippen LogP contribution in [0, 0.1) is 0 Å². The molecule has 0 aliphatic heterocycles. The Balaban J connectivity index is 1.34. The second-order valence-electron chi connectivity index (χ2n) is 9.02. The second-order valence-corrected chi connectivity index (χ2v) is 9.02. The van der Waals surface area contributed by atoms with Gasteiger partial charge in [-0.15, -0.1) is 0 Å². The summed E-state index contributed by atoms with van der Waals surface area (Å²) in [5, 5.41) is 2.29. The van der Waals surface area contributed by atoms with E-state index >= 15 is 0 Å². The maximum atomic E-state index is 6.11. The first kappa shape index (κ1) is 22.6. The van der Waals surface area contributed by atoms with E-state index in [1.807, 2.05) is 37.3 Å². The summed E-state index contributed by atoms with van der Waals surface area (Å²) in [7, 11) is 0. The molecule has 6 rings (SSSR count). The summed E-state index contributed by atoms with van der Waals surface area (Å²) in [5.41, 5.74) is 9.70. The number of anilines is 2. The molecular formula is C35H27NO. The van der Waals surface area contributed by atoms with Gasteiger partial charge in [-0.1, -0.05) is 91.5 Å². The predicted octanol–water partition coefficient (Wildman–Crippen LogP) is 10.1. The lowest BCUT2D eigenvalue weighted by Crippen LogP contribution is -2.14. The minimum atomic E-state index is 0.908. The minimum absolute atomic E-state index is 0.908. The molecule has 0 N–H and O–H groups in total. The molecule has 6 aromatic rings. The first-order valence-electron chi connectivity index (χ1n) is 12.5. The SMILES string of the molecule is C=C/C(=C\C)N(c1ccc(-c2ccccc2)cc1)c1ccc(-c2ccc3c(c2)oc2ccccc23)cc1. The first-order chi connectivity index (χ1) is 18.2. The quantitative estimate of drug-likeness (QED) is 0.222. The van der Waals surface area contributed by atoms with Gasteiger partial charge in [0.15, 0.2) is 0 Å². The largest absolute Gasteiger partial charge is 0.456 e. The van der Waals surface area contributed by atoms with Crippen molar-refractivity contribution in [2.75, 3.05) is 4.90 Å². The normalized spacial score (nSPS) is 11.6. The van der Waals surface area contributed by atoms with Crippen molar-refractivity contribution in [3.8, 4) is 22.3 Å². The molecule has 0 aliphatic carbocycles. The fourth-order valence-corrected chi connectivity index (χ4v) is 4.93. The molecule has 0 spiro atoms. The van der Waals surface area contributed by atoms with Gasteiger partial charge in [0.05, 0.1) is 0 Å². The van der Waals surface area contributed by atoms with Gasteiger partial charge in [-0.05, 0) is 77.7 Å². The molecule has 37 heavy (non-hydrogen) atoms. The minimum Gasteiger partial charge on any atom is -0.456 e. The topological polar surface area (TPSA) is 16.4 Å². The fraction of sp³-hybridized carbons (Fsp3) is 0.0286. The van der Waals surface area contributed by atoms with Gasteiger partial charge in [0.2, 0.25) is 0 Å². The monoisotopic (exact) mass is 477 g/mol. The zero-order chi connectivity index (χ0) is 25.2. The van der Waals surface area contributed by atoms with Crippen LogP contribution in [-0.4, -0.2) is 0 Å². The van der Waals surface area contributed by atoms with Crippen LogP contribution in [0.4, 0.5) is 11.4 Å². The predicted molar refractivity (Wildman–Crippen MR) is 157 cm³/mol. The molecule has 0 fully saturated rings.